The number of rotatable bonds is 4. The first-order valence-corrected chi connectivity index (χ1v) is 11.7. The molecule has 4 N–H and O–H groups in total. The summed E-state index contributed by atoms with van der Waals surface area (Å²) in [6, 6.07) is 10.5. The number of aromatic nitrogens is 1. The number of amides is 3. The Kier molecular flexibility index (Phi) is 4.72. The highest BCUT2D eigenvalue weighted by molar-refractivity contribution is 6.06. The SMILES string of the molecule is O=C(CNC(=O)C1CC2CCC(C1)N2)Nc1ccc2c(c1)C[C@@]1(C2)C(=O)Nc2ncccc21. The van der Waals surface area contributed by atoms with Gasteiger partial charge in [-0.05, 0) is 67.9 Å². The van der Waals surface area contributed by atoms with Crippen molar-refractivity contribution in [3.8, 4) is 0 Å². The van der Waals surface area contributed by atoms with E-state index in [0.717, 1.165) is 42.4 Å². The lowest BCUT2D eigenvalue weighted by atomic mass is 9.79. The fourth-order valence-electron chi connectivity index (χ4n) is 6.13. The molecule has 170 valence electrons. The Hall–Kier alpha value is -3.26. The number of carbonyl (C=O) groups excluding carboxylic acids is 3. The molecule has 0 saturated carbocycles. The predicted octanol–water partition coefficient (Wildman–Crippen LogP) is 1.66. The van der Waals surface area contributed by atoms with Crippen molar-refractivity contribution in [3.63, 3.8) is 0 Å². The van der Waals surface area contributed by atoms with E-state index in [9.17, 15) is 14.4 Å². The van der Waals surface area contributed by atoms with Crippen LogP contribution >= 0.6 is 0 Å². The number of nitrogens with zero attached hydrogens (tertiary/aromatic N) is 1. The number of carbonyl (C=O) groups is 3. The Labute approximate surface area is 191 Å². The fraction of sp³-hybridized carbons (Fsp3) is 0.440. The molecule has 2 aromatic rings. The molecule has 2 unspecified atom stereocenters. The smallest absolute Gasteiger partial charge is 0.243 e. The second-order valence-corrected chi connectivity index (χ2v) is 9.85. The molecule has 6 rings (SSSR count). The van der Waals surface area contributed by atoms with Crippen LogP contribution in [0.1, 0.15) is 42.4 Å². The number of nitrogens with one attached hydrogen (secondary N) is 4. The van der Waals surface area contributed by atoms with Crippen molar-refractivity contribution in [2.75, 3.05) is 17.2 Å². The normalized spacial score (nSPS) is 28.8. The molecule has 2 saturated heterocycles. The van der Waals surface area contributed by atoms with Crippen molar-refractivity contribution in [2.45, 2.75) is 56.0 Å². The largest absolute Gasteiger partial charge is 0.347 e. The van der Waals surface area contributed by atoms with Crippen LogP contribution in [0.15, 0.2) is 36.5 Å². The van der Waals surface area contributed by atoms with Crippen molar-refractivity contribution in [1.29, 1.82) is 0 Å². The molecule has 8 nitrogen and oxygen atoms in total. The molecule has 4 heterocycles. The van der Waals surface area contributed by atoms with Crippen LogP contribution in [0.2, 0.25) is 0 Å². The molecule has 1 aromatic carbocycles. The van der Waals surface area contributed by atoms with Gasteiger partial charge >= 0.3 is 0 Å². The van der Waals surface area contributed by atoms with Crippen molar-refractivity contribution in [3.05, 3.63) is 53.2 Å². The Morgan fingerprint density at radius 3 is 2.70 bits per heavy atom. The second kappa shape index (κ2) is 7.66. The Morgan fingerprint density at radius 2 is 1.88 bits per heavy atom. The molecule has 33 heavy (non-hydrogen) atoms. The van der Waals surface area contributed by atoms with Gasteiger partial charge in [-0.25, -0.2) is 4.98 Å². The molecule has 4 aliphatic rings. The molecule has 3 atom stereocenters. The van der Waals surface area contributed by atoms with Gasteiger partial charge < -0.3 is 21.3 Å². The van der Waals surface area contributed by atoms with Crippen LogP contribution in [0.4, 0.5) is 11.5 Å². The molecule has 1 spiro atoms. The summed E-state index contributed by atoms with van der Waals surface area (Å²) in [5.74, 6) is 0.330. The van der Waals surface area contributed by atoms with Crippen molar-refractivity contribution < 1.29 is 14.4 Å². The lowest BCUT2D eigenvalue weighted by molar-refractivity contribution is -0.128. The van der Waals surface area contributed by atoms with Gasteiger partial charge in [0.2, 0.25) is 17.7 Å². The maximum atomic E-state index is 12.8. The first kappa shape index (κ1) is 20.4. The second-order valence-electron chi connectivity index (χ2n) is 9.85. The van der Waals surface area contributed by atoms with Crippen molar-refractivity contribution in [1.82, 2.24) is 15.6 Å². The third-order valence-corrected chi connectivity index (χ3v) is 7.73. The fourth-order valence-corrected chi connectivity index (χ4v) is 6.13. The zero-order valence-electron chi connectivity index (χ0n) is 18.3. The molecule has 2 bridgehead atoms. The van der Waals surface area contributed by atoms with Gasteiger partial charge in [-0.2, -0.15) is 0 Å². The molecule has 3 aliphatic heterocycles. The van der Waals surface area contributed by atoms with E-state index in [2.05, 4.69) is 26.3 Å². The van der Waals surface area contributed by atoms with Crippen molar-refractivity contribution in [2.24, 2.45) is 5.92 Å². The van der Waals surface area contributed by atoms with Gasteiger partial charge in [-0.15, -0.1) is 0 Å². The van der Waals surface area contributed by atoms with Gasteiger partial charge in [-0.3, -0.25) is 14.4 Å². The summed E-state index contributed by atoms with van der Waals surface area (Å²) in [6.07, 6.45) is 6.85. The zero-order chi connectivity index (χ0) is 22.6. The van der Waals surface area contributed by atoms with E-state index < -0.39 is 5.41 Å². The molecule has 0 radical (unpaired) electrons. The van der Waals surface area contributed by atoms with Crippen LogP contribution in [0.5, 0.6) is 0 Å². The van der Waals surface area contributed by atoms with E-state index in [1.54, 1.807) is 6.20 Å². The topological polar surface area (TPSA) is 112 Å². The minimum Gasteiger partial charge on any atom is -0.347 e. The summed E-state index contributed by atoms with van der Waals surface area (Å²) in [7, 11) is 0. The molecule has 1 aromatic heterocycles. The summed E-state index contributed by atoms with van der Waals surface area (Å²) in [6.45, 7) is -0.0411. The number of benzene rings is 1. The van der Waals surface area contributed by atoms with E-state index in [0.29, 0.717) is 36.4 Å². The monoisotopic (exact) mass is 445 g/mol. The van der Waals surface area contributed by atoms with Gasteiger partial charge in [0.25, 0.3) is 0 Å². The summed E-state index contributed by atoms with van der Waals surface area (Å²) in [5, 5.41) is 12.1. The highest BCUT2D eigenvalue weighted by Crippen LogP contribution is 2.46. The molecule has 2 fully saturated rings. The van der Waals surface area contributed by atoms with Crippen LogP contribution in [-0.2, 0) is 32.6 Å². The van der Waals surface area contributed by atoms with E-state index in [1.807, 2.05) is 30.3 Å². The number of pyridine rings is 1. The first-order chi connectivity index (χ1) is 16.0. The quantitative estimate of drug-likeness (QED) is 0.572. The summed E-state index contributed by atoms with van der Waals surface area (Å²) in [4.78, 5) is 42.2. The summed E-state index contributed by atoms with van der Waals surface area (Å²) in [5.41, 5.74) is 3.14. The lowest BCUT2D eigenvalue weighted by Gasteiger charge is -2.28. The van der Waals surface area contributed by atoms with E-state index in [4.69, 9.17) is 0 Å². The highest BCUT2D eigenvalue weighted by Gasteiger charge is 2.51. The average Bonchev–Trinajstić information content (AvgIpc) is 3.45. The minimum absolute atomic E-state index is 0.0114. The third-order valence-electron chi connectivity index (χ3n) is 7.73. The average molecular weight is 446 g/mol. The molecular weight excluding hydrogens is 418 g/mol. The predicted molar refractivity (Wildman–Crippen MR) is 123 cm³/mol. The maximum absolute atomic E-state index is 12.8. The highest BCUT2D eigenvalue weighted by atomic mass is 16.2. The Morgan fingerprint density at radius 1 is 1.09 bits per heavy atom. The van der Waals surface area contributed by atoms with E-state index >= 15 is 0 Å². The van der Waals surface area contributed by atoms with Gasteiger partial charge in [0.1, 0.15) is 5.82 Å². The van der Waals surface area contributed by atoms with Crippen LogP contribution in [0, 0.1) is 5.92 Å². The number of anilines is 2. The van der Waals surface area contributed by atoms with Gasteiger partial charge in [0, 0.05) is 35.4 Å². The summed E-state index contributed by atoms with van der Waals surface area (Å²) < 4.78 is 0. The Balaban J connectivity index is 1.09. The molecular formula is C25H27N5O3. The van der Waals surface area contributed by atoms with Gasteiger partial charge in [0.05, 0.1) is 12.0 Å². The standard InChI is InChI=1S/C25H27N5O3/c31-21(13-27-23(32)15-8-17-5-6-18(9-15)28-17)29-19-4-3-14-11-25(12-16(14)10-19)20-2-1-7-26-22(20)30-24(25)33/h1-4,7,10,15,17-18,28H,5-6,8-9,11-13H2,(H,27,32)(H,29,31)(H,26,30,33)/t15?,17?,18?,25-/m1/s1. The number of fused-ring (bicyclic) bond motifs is 5. The minimum atomic E-state index is -0.628. The lowest BCUT2D eigenvalue weighted by Crippen LogP contribution is -2.45. The van der Waals surface area contributed by atoms with Crippen LogP contribution in [0.25, 0.3) is 0 Å². The summed E-state index contributed by atoms with van der Waals surface area (Å²) >= 11 is 0. The molecule has 1 aliphatic carbocycles. The van der Waals surface area contributed by atoms with E-state index in [1.165, 1.54) is 0 Å². The number of piperidine rings is 1. The first-order valence-electron chi connectivity index (χ1n) is 11.7. The molecule has 3 amide bonds. The van der Waals surface area contributed by atoms with Crippen LogP contribution in [0.3, 0.4) is 0 Å². The Bertz CT molecular complexity index is 1150. The van der Waals surface area contributed by atoms with Gasteiger partial charge in [0.15, 0.2) is 0 Å². The third kappa shape index (κ3) is 3.49. The molecule has 8 heteroatoms. The van der Waals surface area contributed by atoms with Crippen LogP contribution < -0.4 is 21.3 Å². The maximum Gasteiger partial charge on any atom is 0.243 e. The number of hydrogen-bond acceptors (Lipinski definition) is 5. The van der Waals surface area contributed by atoms with Crippen LogP contribution in [-0.4, -0.2) is 41.3 Å². The van der Waals surface area contributed by atoms with Gasteiger partial charge in [-0.1, -0.05) is 12.1 Å². The number of hydrogen-bond donors (Lipinski definition) is 4. The zero-order valence-corrected chi connectivity index (χ0v) is 18.3. The van der Waals surface area contributed by atoms with E-state index in [-0.39, 0.29) is 30.2 Å². The van der Waals surface area contributed by atoms with Crippen molar-refractivity contribution >= 4 is 29.2 Å².